The molecule has 3 rings (SSSR count). The molecule has 0 saturated carbocycles. The third kappa shape index (κ3) is 3.96. The minimum absolute atomic E-state index is 0.204. The van der Waals surface area contributed by atoms with Crippen LogP contribution in [0.15, 0.2) is 48.5 Å². The fourth-order valence-corrected chi connectivity index (χ4v) is 3.01. The van der Waals surface area contributed by atoms with E-state index in [-0.39, 0.29) is 12.4 Å². The summed E-state index contributed by atoms with van der Waals surface area (Å²) in [5, 5.41) is 24.3. The molecule has 0 aliphatic rings. The molecule has 0 fully saturated rings. The van der Waals surface area contributed by atoms with Gasteiger partial charge in [0, 0.05) is 17.1 Å². The van der Waals surface area contributed by atoms with Crippen molar-refractivity contribution < 1.29 is 10.2 Å². The third-order valence-electron chi connectivity index (χ3n) is 3.84. The molecule has 1 heterocycles. The maximum atomic E-state index is 9.43. The fraction of sp³-hybridized carbons (Fsp3) is 0.167. The van der Waals surface area contributed by atoms with E-state index >= 15 is 0 Å². The molecule has 25 heavy (non-hydrogen) atoms. The number of hydrogen-bond acceptors (Lipinski definition) is 4. The summed E-state index contributed by atoms with van der Waals surface area (Å²) in [5.41, 5.74) is 9.01. The van der Waals surface area contributed by atoms with Crippen molar-refractivity contribution in [3.63, 3.8) is 0 Å². The lowest BCUT2D eigenvalue weighted by Gasteiger charge is -2.10. The fourth-order valence-electron chi connectivity index (χ4n) is 2.53. The van der Waals surface area contributed by atoms with Crippen molar-refractivity contribution in [1.29, 1.82) is 0 Å². The Morgan fingerprint density at radius 1 is 1.08 bits per heavy atom. The maximum absolute atomic E-state index is 9.43. The van der Waals surface area contributed by atoms with Gasteiger partial charge in [0.15, 0.2) is 0 Å². The van der Waals surface area contributed by atoms with Crippen LogP contribution in [0, 0.1) is 0 Å². The van der Waals surface area contributed by atoms with Gasteiger partial charge in [-0.1, -0.05) is 35.3 Å². The summed E-state index contributed by atoms with van der Waals surface area (Å²) in [4.78, 5) is 0. The number of aliphatic hydroxyl groups is 1. The summed E-state index contributed by atoms with van der Waals surface area (Å²) in [5.74, 6) is 0.209. The molecule has 3 aromatic rings. The molecular formula is C18H17Cl2N3O2. The Kier molecular flexibility index (Phi) is 5.30. The van der Waals surface area contributed by atoms with Crippen LogP contribution < -0.4 is 5.73 Å². The van der Waals surface area contributed by atoms with Crippen molar-refractivity contribution in [2.75, 3.05) is 6.61 Å². The van der Waals surface area contributed by atoms with Crippen molar-refractivity contribution in [3.05, 3.63) is 75.5 Å². The van der Waals surface area contributed by atoms with Gasteiger partial charge < -0.3 is 15.9 Å². The Morgan fingerprint density at radius 2 is 1.80 bits per heavy atom. The summed E-state index contributed by atoms with van der Waals surface area (Å²) in [6.45, 7) is -0.204. The molecule has 7 heteroatoms. The van der Waals surface area contributed by atoms with Crippen LogP contribution in [0.25, 0.3) is 5.69 Å². The van der Waals surface area contributed by atoms with Crippen molar-refractivity contribution in [2.24, 2.45) is 5.73 Å². The van der Waals surface area contributed by atoms with Crippen LogP contribution in [-0.4, -0.2) is 26.6 Å². The smallest absolute Gasteiger partial charge is 0.115 e. The molecule has 2 aromatic carbocycles. The van der Waals surface area contributed by atoms with Crippen molar-refractivity contribution >= 4 is 23.2 Å². The number of phenolic OH excluding ortho intramolecular Hbond substituents is 1. The quantitative estimate of drug-likeness (QED) is 0.635. The van der Waals surface area contributed by atoms with E-state index in [9.17, 15) is 10.2 Å². The number of phenols is 1. The largest absolute Gasteiger partial charge is 0.508 e. The number of nitrogens with zero attached hydrogens (tertiary/aromatic N) is 2. The zero-order valence-corrected chi connectivity index (χ0v) is 14.7. The van der Waals surface area contributed by atoms with E-state index in [1.165, 1.54) is 0 Å². The maximum Gasteiger partial charge on any atom is 0.115 e. The molecule has 0 amide bonds. The lowest BCUT2D eigenvalue weighted by atomic mass is 10.1. The van der Waals surface area contributed by atoms with Gasteiger partial charge in [0.1, 0.15) is 5.75 Å². The first-order valence-corrected chi connectivity index (χ1v) is 8.42. The van der Waals surface area contributed by atoms with E-state index in [0.29, 0.717) is 27.8 Å². The van der Waals surface area contributed by atoms with Crippen LogP contribution in [0.1, 0.15) is 23.0 Å². The summed E-state index contributed by atoms with van der Waals surface area (Å²) in [7, 11) is 0. The molecule has 130 valence electrons. The Labute approximate surface area is 155 Å². The topological polar surface area (TPSA) is 84.3 Å². The molecule has 0 saturated heterocycles. The predicted molar refractivity (Wildman–Crippen MR) is 98.5 cm³/mol. The molecule has 1 atom stereocenters. The van der Waals surface area contributed by atoms with Gasteiger partial charge in [0.05, 0.1) is 29.1 Å². The van der Waals surface area contributed by atoms with Gasteiger partial charge in [-0.05, 0) is 42.0 Å². The second kappa shape index (κ2) is 7.45. The summed E-state index contributed by atoms with van der Waals surface area (Å²) in [6, 6.07) is 13.4. The first-order chi connectivity index (χ1) is 12.0. The average Bonchev–Trinajstić information content (AvgIpc) is 3.00. The van der Waals surface area contributed by atoms with Crippen LogP contribution in [-0.2, 0) is 6.42 Å². The summed E-state index contributed by atoms with van der Waals surface area (Å²) < 4.78 is 1.70. The SMILES string of the molecule is NC(CO)c1cc(Cc2ccc(O)cc2)n(-c2ccc(Cl)cc2Cl)n1. The lowest BCUT2D eigenvalue weighted by molar-refractivity contribution is 0.265. The highest BCUT2D eigenvalue weighted by Crippen LogP contribution is 2.27. The van der Waals surface area contributed by atoms with Crippen molar-refractivity contribution in [3.8, 4) is 11.4 Å². The molecule has 0 spiro atoms. The standard InChI is InChI=1S/C18H17Cl2N3O2/c19-12-3-6-18(15(20)8-12)23-13(9-17(22-23)16(21)10-24)7-11-1-4-14(25)5-2-11/h1-6,8-9,16,24-25H,7,10,21H2. The van der Waals surface area contributed by atoms with Gasteiger partial charge in [0.25, 0.3) is 0 Å². The zero-order valence-electron chi connectivity index (χ0n) is 13.2. The van der Waals surface area contributed by atoms with Crippen molar-refractivity contribution in [1.82, 2.24) is 9.78 Å². The molecule has 5 nitrogen and oxygen atoms in total. The van der Waals surface area contributed by atoms with Gasteiger partial charge in [0.2, 0.25) is 0 Å². The van der Waals surface area contributed by atoms with E-state index in [1.54, 1.807) is 35.0 Å². The average molecular weight is 378 g/mol. The molecule has 4 N–H and O–H groups in total. The lowest BCUT2D eigenvalue weighted by Crippen LogP contribution is -2.15. The first kappa shape index (κ1) is 17.8. The Bertz CT molecular complexity index is 879. The Balaban J connectivity index is 2.05. The number of rotatable bonds is 5. The van der Waals surface area contributed by atoms with Gasteiger partial charge in [-0.25, -0.2) is 4.68 Å². The first-order valence-electron chi connectivity index (χ1n) is 7.66. The molecule has 1 aromatic heterocycles. The highest BCUT2D eigenvalue weighted by molar-refractivity contribution is 6.35. The normalized spacial score (nSPS) is 12.3. The van der Waals surface area contributed by atoms with Gasteiger partial charge >= 0.3 is 0 Å². The Morgan fingerprint density at radius 3 is 2.44 bits per heavy atom. The number of nitrogens with two attached hydrogens (primary N) is 1. The molecule has 0 radical (unpaired) electrons. The number of halogens is 2. The second-order valence-corrected chi connectivity index (χ2v) is 6.54. The predicted octanol–water partition coefficient (Wildman–Crippen LogP) is 3.47. The highest BCUT2D eigenvalue weighted by atomic mass is 35.5. The second-order valence-electron chi connectivity index (χ2n) is 5.70. The van der Waals surface area contributed by atoms with E-state index in [0.717, 1.165) is 11.3 Å². The van der Waals surface area contributed by atoms with Crippen LogP contribution in [0.3, 0.4) is 0 Å². The van der Waals surface area contributed by atoms with Crippen LogP contribution >= 0.6 is 23.2 Å². The van der Waals surface area contributed by atoms with Crippen LogP contribution in [0.5, 0.6) is 5.75 Å². The summed E-state index contributed by atoms with van der Waals surface area (Å²) >= 11 is 12.3. The van der Waals surface area contributed by atoms with E-state index < -0.39 is 6.04 Å². The minimum atomic E-state index is -0.578. The van der Waals surface area contributed by atoms with E-state index in [1.807, 2.05) is 18.2 Å². The van der Waals surface area contributed by atoms with Crippen LogP contribution in [0.2, 0.25) is 10.0 Å². The summed E-state index contributed by atoms with van der Waals surface area (Å²) in [6.07, 6.45) is 0.560. The van der Waals surface area contributed by atoms with Gasteiger partial charge in [-0.15, -0.1) is 0 Å². The van der Waals surface area contributed by atoms with Crippen molar-refractivity contribution in [2.45, 2.75) is 12.5 Å². The molecule has 0 aliphatic heterocycles. The van der Waals surface area contributed by atoms with E-state index in [2.05, 4.69) is 5.10 Å². The van der Waals surface area contributed by atoms with Gasteiger partial charge in [-0.2, -0.15) is 5.10 Å². The number of aromatic hydroxyl groups is 1. The van der Waals surface area contributed by atoms with E-state index in [4.69, 9.17) is 28.9 Å². The number of aromatic nitrogens is 2. The van der Waals surface area contributed by atoms with Gasteiger partial charge in [-0.3, -0.25) is 0 Å². The monoisotopic (exact) mass is 377 g/mol. The third-order valence-corrected chi connectivity index (χ3v) is 4.38. The highest BCUT2D eigenvalue weighted by Gasteiger charge is 2.16. The number of aliphatic hydroxyl groups excluding tert-OH is 1. The molecular weight excluding hydrogens is 361 g/mol. The molecule has 0 bridgehead atoms. The number of benzene rings is 2. The number of hydrogen-bond donors (Lipinski definition) is 3. The minimum Gasteiger partial charge on any atom is -0.508 e. The Hall–Kier alpha value is -2.05. The zero-order chi connectivity index (χ0) is 18.0. The molecule has 0 aliphatic carbocycles. The molecule has 1 unspecified atom stereocenters. The van der Waals surface area contributed by atoms with Crippen LogP contribution in [0.4, 0.5) is 0 Å².